The minimum atomic E-state index is -1.26. The van der Waals surface area contributed by atoms with Crippen LogP contribution in [0.2, 0.25) is 0 Å². The van der Waals surface area contributed by atoms with Gasteiger partial charge in [-0.15, -0.1) is 0 Å². The summed E-state index contributed by atoms with van der Waals surface area (Å²) in [6.45, 7) is 13.2. The van der Waals surface area contributed by atoms with Crippen molar-refractivity contribution >= 4 is 17.8 Å². The molecule has 7 atom stereocenters. The summed E-state index contributed by atoms with van der Waals surface area (Å²) in [5, 5.41) is 22.4. The molecule has 0 bridgehead atoms. The number of ether oxygens (including phenoxy) is 2. The van der Waals surface area contributed by atoms with Crippen LogP contribution in [0.4, 0.5) is 0 Å². The van der Waals surface area contributed by atoms with E-state index < -0.39 is 35.6 Å². The molecule has 0 aliphatic carbocycles. The second-order valence-electron chi connectivity index (χ2n) is 12.6. The van der Waals surface area contributed by atoms with Gasteiger partial charge in [0.15, 0.2) is 0 Å². The number of hydrogen-bond acceptors (Lipinski definition) is 7. The average molecular weight is 542 g/mol. The van der Waals surface area contributed by atoms with Crippen LogP contribution >= 0.6 is 0 Å². The summed E-state index contributed by atoms with van der Waals surface area (Å²) in [6, 6.07) is 5.63. The monoisotopic (exact) mass is 541 g/mol. The van der Waals surface area contributed by atoms with E-state index in [1.807, 2.05) is 58.0 Å². The molecule has 39 heavy (non-hydrogen) atoms. The number of carbonyl (C=O) groups is 2. The molecule has 0 aromatic carbocycles. The Labute approximate surface area is 233 Å². The van der Waals surface area contributed by atoms with Gasteiger partial charge in [0, 0.05) is 18.5 Å². The van der Waals surface area contributed by atoms with E-state index in [4.69, 9.17) is 9.47 Å². The van der Waals surface area contributed by atoms with Crippen molar-refractivity contribution in [2.45, 2.75) is 117 Å². The number of cyclic esters (lactones) is 1. The van der Waals surface area contributed by atoms with Gasteiger partial charge in [-0.2, -0.15) is 0 Å². The van der Waals surface area contributed by atoms with Gasteiger partial charge in [-0.3, -0.25) is 14.6 Å². The highest BCUT2D eigenvalue weighted by molar-refractivity contribution is 5.88. The lowest BCUT2D eigenvalue weighted by atomic mass is 9.71. The maximum absolute atomic E-state index is 13.8. The summed E-state index contributed by atoms with van der Waals surface area (Å²) in [6.07, 6.45) is 5.82. The van der Waals surface area contributed by atoms with Crippen LogP contribution in [-0.2, 0) is 19.1 Å². The molecule has 2 aliphatic rings. The summed E-state index contributed by atoms with van der Waals surface area (Å²) in [7, 11) is 0. The van der Waals surface area contributed by atoms with Gasteiger partial charge in [0.1, 0.15) is 11.9 Å². The first-order valence-corrected chi connectivity index (χ1v) is 14.2. The number of rotatable bonds is 4. The van der Waals surface area contributed by atoms with Crippen LogP contribution in [0, 0.1) is 17.3 Å². The van der Waals surface area contributed by atoms with E-state index >= 15 is 0 Å². The number of nitrogens with zero attached hydrogens (tertiary/aromatic N) is 1. The SMILES string of the molecule is CC(C)=CC[C@H]1C(=O)C(C)(C)[C@@H](O)CC(=O)O[C@H](C(C)=Cc2ccccn2)CC2OC2(C)CCC[C@H](C)[C@H]1O. The smallest absolute Gasteiger partial charge is 0.309 e. The molecule has 0 spiro atoms. The zero-order valence-electron chi connectivity index (χ0n) is 24.6. The molecule has 3 heterocycles. The summed E-state index contributed by atoms with van der Waals surface area (Å²) >= 11 is 0. The first kappa shape index (κ1) is 31.2. The fraction of sp³-hybridized carbons (Fsp3) is 0.656. The number of allylic oxidation sites excluding steroid dienone is 2. The van der Waals surface area contributed by atoms with Crippen molar-refractivity contribution in [1.82, 2.24) is 4.98 Å². The number of esters is 1. The van der Waals surface area contributed by atoms with Gasteiger partial charge in [-0.05, 0) is 76.7 Å². The van der Waals surface area contributed by atoms with Crippen LogP contribution in [-0.4, -0.2) is 57.0 Å². The number of carbonyl (C=O) groups excluding carboxylic acids is 2. The van der Waals surface area contributed by atoms with E-state index in [0.717, 1.165) is 36.1 Å². The Balaban J connectivity index is 1.90. The zero-order chi connectivity index (χ0) is 29.0. The number of hydrogen-bond donors (Lipinski definition) is 2. The highest BCUT2D eigenvalue weighted by Gasteiger charge is 2.53. The van der Waals surface area contributed by atoms with Gasteiger partial charge in [-0.1, -0.05) is 44.9 Å². The van der Waals surface area contributed by atoms with Crippen LogP contribution in [0.5, 0.6) is 0 Å². The number of ketones is 1. The number of aromatic nitrogens is 1. The van der Waals surface area contributed by atoms with E-state index in [0.29, 0.717) is 12.8 Å². The minimum Gasteiger partial charge on any atom is -0.458 e. The molecule has 2 saturated heterocycles. The fourth-order valence-electron chi connectivity index (χ4n) is 5.49. The summed E-state index contributed by atoms with van der Waals surface area (Å²) in [5.41, 5.74) is 1.09. The highest BCUT2D eigenvalue weighted by Crippen LogP contribution is 2.45. The van der Waals surface area contributed by atoms with Crippen LogP contribution in [0.15, 0.2) is 41.6 Å². The van der Waals surface area contributed by atoms with Gasteiger partial charge in [0.2, 0.25) is 0 Å². The number of aliphatic hydroxyl groups excluding tert-OH is 2. The standard InChI is InChI=1S/C32H47NO6/c1-20(2)13-14-24-29(36)21(3)11-10-15-32(7)27(39-32)18-25(22(4)17-23-12-8-9-16-33-23)38-28(35)19-26(34)31(5,6)30(24)37/h8-9,12-13,16-17,21,24-27,29,34,36H,10-11,14-15,18-19H2,1-7H3/t21-,24+,25-,26-,27?,29+,32?/m0/s1. The van der Waals surface area contributed by atoms with Crippen molar-refractivity contribution in [3.8, 4) is 0 Å². The van der Waals surface area contributed by atoms with E-state index in [-0.39, 0.29) is 29.8 Å². The molecule has 2 unspecified atom stereocenters. The predicted molar refractivity (Wildman–Crippen MR) is 152 cm³/mol. The van der Waals surface area contributed by atoms with Crippen molar-refractivity contribution in [3.63, 3.8) is 0 Å². The molecule has 1 aromatic rings. The van der Waals surface area contributed by atoms with Gasteiger partial charge < -0.3 is 19.7 Å². The number of fused-ring (bicyclic) bond motifs is 1. The summed E-state index contributed by atoms with van der Waals surface area (Å²) in [4.78, 5) is 31.3. The lowest BCUT2D eigenvalue weighted by Gasteiger charge is -2.36. The second kappa shape index (κ2) is 12.9. The van der Waals surface area contributed by atoms with Crippen LogP contribution in [0.25, 0.3) is 6.08 Å². The van der Waals surface area contributed by atoms with Crippen LogP contribution in [0.3, 0.4) is 0 Å². The number of epoxide rings is 1. The molecule has 2 aliphatic heterocycles. The minimum absolute atomic E-state index is 0.0659. The topological polar surface area (TPSA) is 109 Å². The van der Waals surface area contributed by atoms with Crippen molar-refractivity contribution in [1.29, 1.82) is 0 Å². The molecular weight excluding hydrogens is 494 g/mol. The van der Waals surface area contributed by atoms with Gasteiger partial charge in [-0.25, -0.2) is 0 Å². The molecule has 3 rings (SSSR count). The van der Waals surface area contributed by atoms with Gasteiger partial charge in [0.25, 0.3) is 0 Å². The first-order chi connectivity index (χ1) is 18.2. The highest BCUT2D eigenvalue weighted by atomic mass is 16.6. The summed E-state index contributed by atoms with van der Waals surface area (Å²) < 4.78 is 12.0. The second-order valence-corrected chi connectivity index (χ2v) is 12.6. The Morgan fingerprint density at radius 3 is 2.51 bits per heavy atom. The van der Waals surface area contributed by atoms with Gasteiger partial charge >= 0.3 is 5.97 Å². The predicted octanol–water partition coefficient (Wildman–Crippen LogP) is 5.44. The molecule has 0 saturated carbocycles. The van der Waals surface area contributed by atoms with E-state index in [9.17, 15) is 19.8 Å². The Bertz CT molecular complexity index is 1060. The maximum Gasteiger partial charge on any atom is 0.309 e. The molecule has 7 heteroatoms. The third-order valence-corrected chi connectivity index (χ3v) is 8.58. The quantitative estimate of drug-likeness (QED) is 0.297. The van der Waals surface area contributed by atoms with E-state index in [1.54, 1.807) is 20.0 Å². The lowest BCUT2D eigenvalue weighted by molar-refractivity contribution is -0.154. The molecule has 1 aromatic heterocycles. The van der Waals surface area contributed by atoms with E-state index in [2.05, 4.69) is 11.9 Å². The van der Waals surface area contributed by atoms with Gasteiger partial charge in [0.05, 0.1) is 41.4 Å². The molecule has 2 N–H and O–H groups in total. The van der Waals surface area contributed by atoms with Crippen molar-refractivity contribution in [2.75, 3.05) is 0 Å². The maximum atomic E-state index is 13.8. The van der Waals surface area contributed by atoms with Crippen molar-refractivity contribution < 1.29 is 29.3 Å². The zero-order valence-corrected chi connectivity index (χ0v) is 24.6. The molecular formula is C32H47NO6. The Morgan fingerprint density at radius 1 is 1.15 bits per heavy atom. The third kappa shape index (κ3) is 8.09. The molecule has 216 valence electrons. The molecule has 7 nitrogen and oxygen atoms in total. The average Bonchev–Trinajstić information content (AvgIpc) is 3.51. The molecule has 2 fully saturated rings. The first-order valence-electron chi connectivity index (χ1n) is 14.2. The lowest BCUT2D eigenvalue weighted by Crippen LogP contribution is -2.46. The Kier molecular flexibility index (Phi) is 10.3. The molecule has 0 radical (unpaired) electrons. The number of aliphatic hydroxyl groups is 2. The molecule has 0 amide bonds. The fourth-order valence-corrected chi connectivity index (χ4v) is 5.49. The Hall–Kier alpha value is -2.35. The normalized spacial score (nSPS) is 34.5. The van der Waals surface area contributed by atoms with E-state index in [1.165, 1.54) is 0 Å². The Morgan fingerprint density at radius 2 is 1.87 bits per heavy atom. The third-order valence-electron chi connectivity index (χ3n) is 8.58. The van der Waals surface area contributed by atoms with Crippen molar-refractivity contribution in [3.05, 3.63) is 47.3 Å². The van der Waals surface area contributed by atoms with Crippen LogP contribution < -0.4 is 0 Å². The summed E-state index contributed by atoms with van der Waals surface area (Å²) in [5.74, 6) is -1.61. The van der Waals surface area contributed by atoms with Crippen molar-refractivity contribution in [2.24, 2.45) is 17.3 Å². The number of Topliss-reactive ketones (excluding diaryl/α,β-unsaturated/α-hetero) is 1. The number of pyridine rings is 1. The largest absolute Gasteiger partial charge is 0.458 e. The van der Waals surface area contributed by atoms with Crippen LogP contribution in [0.1, 0.15) is 92.7 Å².